The Hall–Kier alpha value is -0.410. The van der Waals surface area contributed by atoms with Gasteiger partial charge in [-0.2, -0.15) is 0 Å². The van der Waals surface area contributed by atoms with Crippen molar-refractivity contribution in [2.75, 3.05) is 86.8 Å². The maximum Gasteiger partial charge on any atom is 0.0594 e. The summed E-state index contributed by atoms with van der Waals surface area (Å²) in [5, 5.41) is 0. The Morgan fingerprint density at radius 2 is 0.750 bits per heavy atom. The molecule has 3 heterocycles. The van der Waals surface area contributed by atoms with E-state index in [0.29, 0.717) is 0 Å². The van der Waals surface area contributed by atoms with E-state index in [1.807, 2.05) is 0 Å². The lowest BCUT2D eigenvalue weighted by Crippen LogP contribution is -2.32. The molecule has 3 aliphatic heterocycles. The number of hydrogen-bond acceptors (Lipinski definition) is 5. The van der Waals surface area contributed by atoms with Crippen LogP contribution in [0.4, 0.5) is 14.1 Å². The summed E-state index contributed by atoms with van der Waals surface area (Å²) < 4.78 is 10.2. The number of piperidine rings is 1. The van der Waals surface area contributed by atoms with Crippen LogP contribution in [-0.4, -0.2) is 102 Å². The minimum absolute atomic E-state index is 0. The van der Waals surface area contributed by atoms with Gasteiger partial charge in [-0.15, -0.1) is 0 Å². The third-order valence-electron chi connectivity index (χ3n) is 4.05. The lowest BCUT2D eigenvalue weighted by molar-refractivity contribution is 0.0502. The summed E-state index contributed by atoms with van der Waals surface area (Å²) in [5.74, 6) is 0. The third kappa shape index (κ3) is 16.4. The van der Waals surface area contributed by atoms with E-state index >= 15 is 0 Å². The van der Waals surface area contributed by atoms with Crippen LogP contribution in [0.3, 0.4) is 0 Å². The summed E-state index contributed by atoms with van der Waals surface area (Å²) in [7, 11) is 6.42. The molecule has 0 aromatic carbocycles. The van der Waals surface area contributed by atoms with Crippen LogP contribution < -0.4 is 0 Å². The van der Waals surface area contributed by atoms with E-state index in [0.717, 1.165) is 52.6 Å². The highest BCUT2D eigenvalue weighted by molar-refractivity contribution is 4.58. The standard InChI is InChI=1S/C6H13N.2C5H11NO.3FH/c1-7-5-3-2-4-6-7;2*1-6-2-4-7-5-3-6;;;/h2-6H2,1H3;2*2-5H2,1H3;3*1H. The van der Waals surface area contributed by atoms with Crippen LogP contribution in [0.15, 0.2) is 0 Å². The number of rotatable bonds is 0. The Morgan fingerprint density at radius 1 is 0.458 bits per heavy atom. The van der Waals surface area contributed by atoms with E-state index in [-0.39, 0.29) is 14.1 Å². The molecule has 0 aromatic heterocycles. The maximum absolute atomic E-state index is 5.10. The zero-order valence-electron chi connectivity index (χ0n) is 15.6. The molecule has 0 aromatic rings. The van der Waals surface area contributed by atoms with E-state index in [9.17, 15) is 0 Å². The van der Waals surface area contributed by atoms with Crippen molar-refractivity contribution in [2.45, 2.75) is 19.3 Å². The van der Waals surface area contributed by atoms with Gasteiger partial charge in [-0.05, 0) is 47.1 Å². The molecule has 5 nitrogen and oxygen atoms in total. The van der Waals surface area contributed by atoms with E-state index in [1.54, 1.807) is 0 Å². The van der Waals surface area contributed by atoms with E-state index in [2.05, 4.69) is 35.8 Å². The molecule has 0 amide bonds. The largest absolute Gasteiger partial charge is 0.379 e. The molecule has 0 unspecified atom stereocenters. The Kier molecular flexibility index (Phi) is 22.4. The quantitative estimate of drug-likeness (QED) is 0.651. The van der Waals surface area contributed by atoms with Crippen molar-refractivity contribution >= 4 is 0 Å². The highest BCUT2D eigenvalue weighted by atomic mass is 19.0. The second kappa shape index (κ2) is 18.9. The molecule has 3 aliphatic rings. The number of ether oxygens (including phenoxy) is 2. The number of morpholine rings is 2. The normalized spacial score (nSPS) is 22.1. The van der Waals surface area contributed by atoms with Gasteiger partial charge in [0.05, 0.1) is 26.4 Å². The molecule has 0 aliphatic carbocycles. The van der Waals surface area contributed by atoms with Gasteiger partial charge in [0.15, 0.2) is 0 Å². The van der Waals surface area contributed by atoms with Crippen LogP contribution in [0, 0.1) is 0 Å². The number of likely N-dealkylation sites (N-methyl/N-ethyl adjacent to an activating group) is 2. The summed E-state index contributed by atoms with van der Waals surface area (Å²) in [4.78, 5) is 6.93. The van der Waals surface area contributed by atoms with Gasteiger partial charge in [0.2, 0.25) is 0 Å². The van der Waals surface area contributed by atoms with Crippen LogP contribution in [0.5, 0.6) is 0 Å². The second-order valence-corrected chi connectivity index (χ2v) is 6.20. The first-order valence-electron chi connectivity index (χ1n) is 8.39. The van der Waals surface area contributed by atoms with E-state index < -0.39 is 0 Å². The smallest absolute Gasteiger partial charge is 0.0594 e. The highest BCUT2D eigenvalue weighted by Gasteiger charge is 2.03. The first-order chi connectivity index (χ1) is 10.2. The minimum atomic E-state index is 0. The van der Waals surface area contributed by atoms with Crippen LogP contribution in [-0.2, 0) is 9.47 Å². The molecule has 3 saturated heterocycles. The van der Waals surface area contributed by atoms with Gasteiger partial charge in [0.1, 0.15) is 0 Å². The molecule has 0 radical (unpaired) electrons. The fraction of sp³-hybridized carbons (Fsp3) is 1.00. The summed E-state index contributed by atoms with van der Waals surface area (Å²) in [6.45, 7) is 10.7. The lowest BCUT2D eigenvalue weighted by Gasteiger charge is -2.21. The fourth-order valence-electron chi connectivity index (χ4n) is 2.36. The van der Waals surface area contributed by atoms with Crippen molar-refractivity contribution in [3.8, 4) is 0 Å². The van der Waals surface area contributed by atoms with Gasteiger partial charge in [-0.3, -0.25) is 14.1 Å². The molecule has 8 heteroatoms. The molecule has 0 atom stereocenters. The predicted octanol–water partition coefficient (Wildman–Crippen LogP) is 1.46. The van der Waals surface area contributed by atoms with Crippen LogP contribution in [0.1, 0.15) is 19.3 Å². The monoisotopic (exact) mass is 361 g/mol. The zero-order valence-corrected chi connectivity index (χ0v) is 15.6. The van der Waals surface area contributed by atoms with Crippen LogP contribution >= 0.6 is 0 Å². The maximum atomic E-state index is 5.10. The van der Waals surface area contributed by atoms with Crippen molar-refractivity contribution in [1.29, 1.82) is 0 Å². The number of halogens is 3. The summed E-state index contributed by atoms with van der Waals surface area (Å²) >= 11 is 0. The van der Waals surface area contributed by atoms with Gasteiger partial charge in [-0.1, -0.05) is 6.42 Å². The van der Waals surface area contributed by atoms with Crippen molar-refractivity contribution in [2.24, 2.45) is 0 Å². The average Bonchev–Trinajstić information content (AvgIpc) is 2.51. The predicted molar refractivity (Wildman–Crippen MR) is 95.5 cm³/mol. The van der Waals surface area contributed by atoms with Gasteiger partial charge in [0, 0.05) is 26.2 Å². The molecule has 24 heavy (non-hydrogen) atoms. The molecule has 0 bridgehead atoms. The number of hydrogen-bond donors (Lipinski definition) is 0. The molecule has 3 fully saturated rings. The Bertz CT molecular complexity index is 199. The molecular formula is C16H38F3N3O2. The number of likely N-dealkylation sites (tertiary alicyclic amines) is 1. The fourth-order valence-corrected chi connectivity index (χ4v) is 2.36. The SMILES string of the molecule is CN1CCCCC1.CN1CCOCC1.CN1CCOCC1.F.F.F. The third-order valence-corrected chi connectivity index (χ3v) is 4.05. The first-order valence-corrected chi connectivity index (χ1v) is 8.39. The van der Waals surface area contributed by atoms with Gasteiger partial charge in [-0.25, -0.2) is 0 Å². The van der Waals surface area contributed by atoms with E-state index in [1.165, 1.54) is 32.4 Å². The molecule has 0 N–H and O–H groups in total. The Morgan fingerprint density at radius 3 is 0.917 bits per heavy atom. The second-order valence-electron chi connectivity index (χ2n) is 6.20. The molecule has 0 spiro atoms. The average molecular weight is 361 g/mol. The summed E-state index contributed by atoms with van der Waals surface area (Å²) in [6, 6.07) is 0. The minimum Gasteiger partial charge on any atom is -0.379 e. The number of nitrogens with zero attached hydrogens (tertiary/aromatic N) is 3. The topological polar surface area (TPSA) is 28.2 Å². The van der Waals surface area contributed by atoms with Crippen molar-refractivity contribution in [3.63, 3.8) is 0 Å². The van der Waals surface area contributed by atoms with Crippen molar-refractivity contribution in [1.82, 2.24) is 14.7 Å². The zero-order chi connectivity index (χ0) is 15.3. The van der Waals surface area contributed by atoms with Crippen LogP contribution in [0.25, 0.3) is 0 Å². The lowest BCUT2D eigenvalue weighted by atomic mass is 10.1. The van der Waals surface area contributed by atoms with Gasteiger partial charge < -0.3 is 24.2 Å². The van der Waals surface area contributed by atoms with Crippen molar-refractivity contribution in [3.05, 3.63) is 0 Å². The molecule has 3 rings (SSSR count). The Labute approximate surface area is 145 Å². The summed E-state index contributed by atoms with van der Waals surface area (Å²) in [6.07, 6.45) is 4.28. The molecular weight excluding hydrogens is 323 g/mol. The van der Waals surface area contributed by atoms with E-state index in [4.69, 9.17) is 9.47 Å². The summed E-state index contributed by atoms with van der Waals surface area (Å²) in [5.41, 5.74) is 0. The van der Waals surface area contributed by atoms with Crippen LogP contribution in [0.2, 0.25) is 0 Å². The van der Waals surface area contributed by atoms with Crippen molar-refractivity contribution < 1.29 is 23.6 Å². The highest BCUT2D eigenvalue weighted by Crippen LogP contribution is 2.04. The molecule has 0 saturated carbocycles. The van der Waals surface area contributed by atoms with Gasteiger partial charge in [0.25, 0.3) is 0 Å². The molecule has 150 valence electrons. The first kappa shape index (κ1) is 28.4. The van der Waals surface area contributed by atoms with Gasteiger partial charge >= 0.3 is 0 Å². The Balaban J connectivity index is -0.000000259.